The zero-order valence-electron chi connectivity index (χ0n) is 17.5. The second-order valence-corrected chi connectivity index (χ2v) is 8.60. The lowest BCUT2D eigenvalue weighted by Gasteiger charge is -2.21. The summed E-state index contributed by atoms with van der Waals surface area (Å²) in [6.07, 6.45) is 7.05. The summed E-state index contributed by atoms with van der Waals surface area (Å²) in [5, 5.41) is 5.46. The van der Waals surface area contributed by atoms with Gasteiger partial charge in [-0.2, -0.15) is 0 Å². The summed E-state index contributed by atoms with van der Waals surface area (Å²) in [5.41, 5.74) is 1.59. The van der Waals surface area contributed by atoms with Crippen molar-refractivity contribution in [3.63, 3.8) is 0 Å². The van der Waals surface area contributed by atoms with Gasteiger partial charge in [-0.3, -0.25) is 14.9 Å². The molecule has 2 saturated heterocycles. The van der Waals surface area contributed by atoms with Gasteiger partial charge in [-0.25, -0.2) is 0 Å². The summed E-state index contributed by atoms with van der Waals surface area (Å²) in [6.45, 7) is 2.48. The summed E-state index contributed by atoms with van der Waals surface area (Å²) >= 11 is 0. The maximum atomic E-state index is 12.3. The number of ether oxygens (including phenoxy) is 2. The third kappa shape index (κ3) is 4.30. The number of nitrogens with one attached hydrogen (secondary N) is 1. The second-order valence-electron chi connectivity index (χ2n) is 8.60. The van der Waals surface area contributed by atoms with Crippen LogP contribution in [0.25, 0.3) is 21.7 Å². The van der Waals surface area contributed by atoms with Crippen LogP contribution in [0, 0.1) is 5.92 Å². The lowest BCUT2D eigenvalue weighted by Crippen LogP contribution is -2.39. The van der Waals surface area contributed by atoms with Gasteiger partial charge in [0.2, 0.25) is 11.8 Å². The van der Waals surface area contributed by atoms with Crippen LogP contribution >= 0.6 is 0 Å². The Hall–Kier alpha value is -2.86. The second kappa shape index (κ2) is 8.71. The first-order valence-corrected chi connectivity index (χ1v) is 11.2. The molecule has 1 aromatic heterocycles. The van der Waals surface area contributed by atoms with Crippen LogP contribution in [0.2, 0.25) is 0 Å². The molecule has 0 saturated carbocycles. The highest BCUT2D eigenvalue weighted by molar-refractivity contribution is 6.04. The van der Waals surface area contributed by atoms with Gasteiger partial charge in [0.05, 0.1) is 18.8 Å². The van der Waals surface area contributed by atoms with Gasteiger partial charge in [0.25, 0.3) is 0 Å². The van der Waals surface area contributed by atoms with Crippen LogP contribution in [0.5, 0.6) is 5.75 Å². The Morgan fingerprint density at radius 1 is 1.03 bits per heavy atom. The Bertz CT molecular complexity index is 1110. The molecule has 0 bridgehead atoms. The molecule has 2 fully saturated rings. The van der Waals surface area contributed by atoms with E-state index in [0.717, 1.165) is 71.4 Å². The molecule has 0 aliphatic carbocycles. The van der Waals surface area contributed by atoms with Gasteiger partial charge in [-0.05, 0) is 73.1 Å². The molecular weight excluding hydrogens is 394 g/mol. The topological polar surface area (TPSA) is 77.8 Å². The summed E-state index contributed by atoms with van der Waals surface area (Å²) in [4.78, 5) is 23.8. The lowest BCUT2D eigenvalue weighted by molar-refractivity contribution is -0.134. The largest absolute Gasteiger partial charge is 0.494 e. The van der Waals surface area contributed by atoms with Crippen LogP contribution < -0.4 is 10.1 Å². The zero-order chi connectivity index (χ0) is 21.2. The molecule has 3 aromatic rings. The molecule has 3 heterocycles. The van der Waals surface area contributed by atoms with Gasteiger partial charge in [-0.1, -0.05) is 6.07 Å². The van der Waals surface area contributed by atoms with Gasteiger partial charge in [0.15, 0.2) is 0 Å². The van der Waals surface area contributed by atoms with Crippen molar-refractivity contribution in [2.45, 2.75) is 44.4 Å². The number of amides is 2. The molecule has 6 nitrogen and oxygen atoms in total. The molecular formula is C25H27NO5. The number of carbonyl (C=O) groups is 2. The Balaban J connectivity index is 1.31. The number of benzene rings is 2. The Morgan fingerprint density at radius 2 is 1.90 bits per heavy atom. The van der Waals surface area contributed by atoms with Gasteiger partial charge in [0, 0.05) is 30.6 Å². The van der Waals surface area contributed by atoms with Crippen molar-refractivity contribution in [1.82, 2.24) is 5.32 Å². The zero-order valence-corrected chi connectivity index (χ0v) is 17.5. The lowest BCUT2D eigenvalue weighted by atomic mass is 9.90. The third-order valence-electron chi connectivity index (χ3n) is 6.51. The van der Waals surface area contributed by atoms with Crippen molar-refractivity contribution < 1.29 is 23.5 Å². The first kappa shape index (κ1) is 20.1. The highest BCUT2D eigenvalue weighted by Gasteiger charge is 2.30. The number of rotatable bonds is 6. The van der Waals surface area contributed by atoms with Gasteiger partial charge in [-0.15, -0.1) is 0 Å². The fourth-order valence-electron chi connectivity index (χ4n) is 4.72. The van der Waals surface area contributed by atoms with E-state index in [9.17, 15) is 9.59 Å². The normalized spacial score (nSPS) is 20.3. The first-order valence-electron chi connectivity index (χ1n) is 11.2. The summed E-state index contributed by atoms with van der Waals surface area (Å²) in [6, 6.07) is 10.1. The minimum Gasteiger partial charge on any atom is -0.494 e. The van der Waals surface area contributed by atoms with E-state index in [0.29, 0.717) is 19.4 Å². The molecule has 31 heavy (non-hydrogen) atoms. The predicted molar refractivity (Wildman–Crippen MR) is 117 cm³/mol. The summed E-state index contributed by atoms with van der Waals surface area (Å²) in [7, 11) is 0. The number of carbonyl (C=O) groups excluding carboxylic acids is 2. The predicted octanol–water partition coefficient (Wildman–Crippen LogP) is 4.69. The quantitative estimate of drug-likeness (QED) is 0.461. The van der Waals surface area contributed by atoms with Crippen LogP contribution in [0.15, 0.2) is 41.0 Å². The van der Waals surface area contributed by atoms with Crippen molar-refractivity contribution in [2.24, 2.45) is 5.92 Å². The van der Waals surface area contributed by atoms with Crippen LogP contribution in [-0.4, -0.2) is 31.6 Å². The molecule has 162 valence electrons. The highest BCUT2D eigenvalue weighted by Crippen LogP contribution is 2.35. The Morgan fingerprint density at radius 3 is 2.74 bits per heavy atom. The van der Waals surface area contributed by atoms with Crippen molar-refractivity contribution >= 4 is 33.6 Å². The number of hydrogen-bond acceptors (Lipinski definition) is 5. The fourth-order valence-corrected chi connectivity index (χ4v) is 4.72. The molecule has 1 unspecified atom stereocenters. The third-order valence-corrected chi connectivity index (χ3v) is 6.51. The van der Waals surface area contributed by atoms with E-state index in [1.807, 2.05) is 24.3 Å². The average Bonchev–Trinajstić information content (AvgIpc) is 3.18. The molecule has 1 atom stereocenters. The maximum Gasteiger partial charge on any atom is 0.234 e. The van der Waals surface area contributed by atoms with Crippen LogP contribution in [0.3, 0.4) is 0 Å². The number of imide groups is 1. The molecule has 2 aromatic carbocycles. The summed E-state index contributed by atoms with van der Waals surface area (Å²) < 4.78 is 17.2. The molecule has 2 aliphatic rings. The number of furan rings is 1. The van der Waals surface area contributed by atoms with Crippen LogP contribution in [0.4, 0.5) is 0 Å². The number of hydrogen-bond donors (Lipinski definition) is 1. The SMILES string of the molecule is O=C1CCC(c2coc3cc4ccc(OCCCC5CCOCC5)cc4cc23)C(=O)N1. The van der Waals surface area contributed by atoms with Gasteiger partial charge >= 0.3 is 0 Å². The minimum absolute atomic E-state index is 0.210. The number of fused-ring (bicyclic) bond motifs is 2. The van der Waals surface area contributed by atoms with Crippen molar-refractivity contribution in [1.29, 1.82) is 0 Å². The Labute approximate surface area is 180 Å². The molecule has 2 amide bonds. The van der Waals surface area contributed by atoms with E-state index >= 15 is 0 Å². The summed E-state index contributed by atoms with van der Waals surface area (Å²) in [5.74, 6) is 0.790. The monoisotopic (exact) mass is 421 g/mol. The molecule has 1 N–H and O–H groups in total. The molecule has 5 rings (SSSR count). The first-order chi connectivity index (χ1) is 15.2. The smallest absolute Gasteiger partial charge is 0.234 e. The van der Waals surface area contributed by atoms with Gasteiger partial charge < -0.3 is 13.9 Å². The van der Waals surface area contributed by atoms with Crippen molar-refractivity contribution in [2.75, 3.05) is 19.8 Å². The van der Waals surface area contributed by atoms with E-state index < -0.39 is 0 Å². The van der Waals surface area contributed by atoms with Crippen molar-refractivity contribution in [3.8, 4) is 5.75 Å². The van der Waals surface area contributed by atoms with Crippen LogP contribution in [0.1, 0.15) is 50.0 Å². The van der Waals surface area contributed by atoms with E-state index in [4.69, 9.17) is 13.9 Å². The van der Waals surface area contributed by atoms with E-state index in [2.05, 4.69) is 11.4 Å². The highest BCUT2D eigenvalue weighted by atomic mass is 16.5. The number of piperidine rings is 1. The average molecular weight is 421 g/mol. The standard InChI is InChI=1S/C25H27NO5/c27-24-6-5-20(25(28)26-24)22-15-31-23-14-17-3-4-19(12-18(17)13-21(22)23)30-9-1-2-16-7-10-29-11-8-16/h3-4,12-16,20H,1-2,5-11H2,(H,26,27,28). The minimum atomic E-state index is -0.360. The molecule has 0 radical (unpaired) electrons. The van der Waals surface area contributed by atoms with E-state index in [-0.39, 0.29) is 17.7 Å². The van der Waals surface area contributed by atoms with Gasteiger partial charge in [0.1, 0.15) is 11.3 Å². The molecule has 6 heteroatoms. The Kier molecular flexibility index (Phi) is 5.64. The van der Waals surface area contributed by atoms with E-state index in [1.54, 1.807) is 6.26 Å². The maximum absolute atomic E-state index is 12.3. The molecule has 2 aliphatic heterocycles. The van der Waals surface area contributed by atoms with Crippen molar-refractivity contribution in [3.05, 3.63) is 42.2 Å². The fraction of sp³-hybridized carbons (Fsp3) is 0.440. The van der Waals surface area contributed by atoms with Crippen LogP contribution in [-0.2, 0) is 14.3 Å². The van der Waals surface area contributed by atoms with E-state index in [1.165, 1.54) is 6.42 Å². The molecule has 0 spiro atoms.